The topological polar surface area (TPSA) is 46.0 Å². The molecule has 2 aliphatic rings. The number of benzene rings is 2. The van der Waals surface area contributed by atoms with Crippen LogP contribution >= 0.6 is 0 Å². The first-order valence-corrected chi connectivity index (χ1v) is 15.4. The zero-order valence-corrected chi connectivity index (χ0v) is 24.3. The van der Waals surface area contributed by atoms with Crippen LogP contribution in [0.15, 0.2) is 60.9 Å². The number of hydrogen-bond acceptors (Lipinski definition) is 4. The van der Waals surface area contributed by atoms with Crippen molar-refractivity contribution in [1.82, 2.24) is 19.4 Å². The van der Waals surface area contributed by atoms with Gasteiger partial charge in [0.1, 0.15) is 5.65 Å². The molecule has 2 aromatic heterocycles. The van der Waals surface area contributed by atoms with Crippen molar-refractivity contribution in [3.05, 3.63) is 72.1 Å². The van der Waals surface area contributed by atoms with E-state index in [4.69, 9.17) is 4.98 Å². The van der Waals surface area contributed by atoms with Crippen molar-refractivity contribution in [2.24, 2.45) is 5.92 Å². The number of rotatable bonds is 8. The standard InChI is InChI=1S/C34H40F3N5/c1-41-19-17-25(18-20-41)8-5-7-24-13-15-26(16-14-24)31-23-42(29-11-3-2-4-12-29)32-30(31)22-38-33(40-32)39-28-10-6-9-27(21-28)34(35,36)37/h6,9-10,13-16,21-23,25,29H,2-5,7-8,11-12,17-20H2,1H3,(H,38,39,40). The Hall–Kier alpha value is -3.39. The van der Waals surface area contributed by atoms with Gasteiger partial charge in [-0.2, -0.15) is 18.2 Å². The van der Waals surface area contributed by atoms with E-state index >= 15 is 0 Å². The third kappa shape index (κ3) is 6.64. The highest BCUT2D eigenvalue weighted by Crippen LogP contribution is 2.37. The Labute approximate surface area is 246 Å². The van der Waals surface area contributed by atoms with Crippen LogP contribution in [0.25, 0.3) is 22.2 Å². The Kier molecular flexibility index (Phi) is 8.52. The van der Waals surface area contributed by atoms with E-state index in [1.165, 1.54) is 69.7 Å². The quantitative estimate of drug-likeness (QED) is 0.228. The van der Waals surface area contributed by atoms with Crippen molar-refractivity contribution >= 4 is 22.7 Å². The second-order valence-corrected chi connectivity index (χ2v) is 12.2. The average Bonchev–Trinajstić information content (AvgIpc) is 3.38. The molecule has 0 unspecified atom stereocenters. The van der Waals surface area contributed by atoms with E-state index in [0.29, 0.717) is 17.7 Å². The minimum atomic E-state index is -4.41. The number of anilines is 2. The number of halogens is 3. The lowest BCUT2D eigenvalue weighted by Gasteiger charge is -2.28. The Balaban J connectivity index is 1.23. The number of nitrogens with one attached hydrogen (secondary N) is 1. The summed E-state index contributed by atoms with van der Waals surface area (Å²) in [5.74, 6) is 1.16. The molecule has 222 valence electrons. The summed E-state index contributed by atoms with van der Waals surface area (Å²) in [4.78, 5) is 11.8. The van der Waals surface area contributed by atoms with Gasteiger partial charge in [0.2, 0.25) is 5.95 Å². The van der Waals surface area contributed by atoms with Gasteiger partial charge in [-0.15, -0.1) is 0 Å². The highest BCUT2D eigenvalue weighted by atomic mass is 19.4. The van der Waals surface area contributed by atoms with E-state index in [2.05, 4.69) is 57.3 Å². The van der Waals surface area contributed by atoms with E-state index in [9.17, 15) is 13.2 Å². The van der Waals surface area contributed by atoms with E-state index < -0.39 is 11.7 Å². The highest BCUT2D eigenvalue weighted by molar-refractivity contribution is 5.94. The van der Waals surface area contributed by atoms with Gasteiger partial charge in [0, 0.05) is 35.1 Å². The van der Waals surface area contributed by atoms with Gasteiger partial charge in [0.05, 0.1) is 5.56 Å². The second kappa shape index (κ2) is 12.5. The van der Waals surface area contributed by atoms with Crippen molar-refractivity contribution in [3.8, 4) is 11.1 Å². The first kappa shape index (κ1) is 28.7. The van der Waals surface area contributed by atoms with E-state index in [0.717, 1.165) is 59.5 Å². The number of nitrogens with zero attached hydrogens (tertiary/aromatic N) is 4. The molecule has 3 heterocycles. The maximum Gasteiger partial charge on any atom is 0.416 e. The number of piperidine rings is 1. The van der Waals surface area contributed by atoms with Crippen LogP contribution in [0, 0.1) is 5.92 Å². The van der Waals surface area contributed by atoms with Crippen LogP contribution in [-0.2, 0) is 12.6 Å². The van der Waals surface area contributed by atoms with Gasteiger partial charge in [-0.3, -0.25) is 0 Å². The molecule has 2 aromatic carbocycles. The van der Waals surface area contributed by atoms with Crippen LogP contribution < -0.4 is 5.32 Å². The Morgan fingerprint density at radius 1 is 0.952 bits per heavy atom. The van der Waals surface area contributed by atoms with Gasteiger partial charge in [0.25, 0.3) is 0 Å². The third-order valence-corrected chi connectivity index (χ3v) is 9.17. The lowest BCUT2D eigenvalue weighted by Crippen LogP contribution is -2.30. The smallest absolute Gasteiger partial charge is 0.329 e. The number of alkyl halides is 3. The monoisotopic (exact) mass is 575 g/mol. The van der Waals surface area contributed by atoms with Crippen molar-refractivity contribution < 1.29 is 13.2 Å². The third-order valence-electron chi connectivity index (χ3n) is 9.17. The molecule has 4 aromatic rings. The van der Waals surface area contributed by atoms with E-state index in [-0.39, 0.29) is 0 Å². The van der Waals surface area contributed by atoms with Crippen molar-refractivity contribution in [2.45, 2.75) is 76.4 Å². The molecule has 1 saturated heterocycles. The van der Waals surface area contributed by atoms with Crippen LogP contribution in [0.2, 0.25) is 0 Å². The van der Waals surface area contributed by atoms with Crippen LogP contribution in [0.3, 0.4) is 0 Å². The zero-order valence-electron chi connectivity index (χ0n) is 24.3. The summed E-state index contributed by atoms with van der Waals surface area (Å²) in [6.07, 6.45) is 11.7. The summed E-state index contributed by atoms with van der Waals surface area (Å²) in [7, 11) is 2.22. The molecule has 1 aliphatic carbocycles. The lowest BCUT2D eigenvalue weighted by molar-refractivity contribution is -0.137. The molecule has 1 N–H and O–H groups in total. The molecule has 0 amide bonds. The predicted molar refractivity (Wildman–Crippen MR) is 163 cm³/mol. The zero-order chi connectivity index (χ0) is 29.1. The molecular formula is C34H40F3N5. The molecule has 2 fully saturated rings. The maximum atomic E-state index is 13.2. The normalized spacial score (nSPS) is 17.6. The average molecular weight is 576 g/mol. The summed E-state index contributed by atoms with van der Waals surface area (Å²) in [6, 6.07) is 14.4. The number of likely N-dealkylation sites (tertiary alicyclic amines) is 1. The number of fused-ring (bicyclic) bond motifs is 1. The molecule has 0 radical (unpaired) electrons. The summed E-state index contributed by atoms with van der Waals surface area (Å²) < 4.78 is 42.0. The molecule has 1 saturated carbocycles. The van der Waals surface area contributed by atoms with E-state index in [1.807, 2.05) is 6.20 Å². The maximum absolute atomic E-state index is 13.2. The predicted octanol–water partition coefficient (Wildman–Crippen LogP) is 9.03. The fourth-order valence-electron chi connectivity index (χ4n) is 6.66. The number of aryl methyl sites for hydroxylation is 1. The van der Waals surface area contributed by atoms with Gasteiger partial charge < -0.3 is 14.8 Å². The van der Waals surface area contributed by atoms with Crippen molar-refractivity contribution in [1.29, 1.82) is 0 Å². The van der Waals surface area contributed by atoms with Gasteiger partial charge >= 0.3 is 6.18 Å². The molecule has 42 heavy (non-hydrogen) atoms. The number of hydrogen-bond donors (Lipinski definition) is 1. The molecule has 0 atom stereocenters. The van der Waals surface area contributed by atoms with Gasteiger partial charge in [-0.05, 0) is 93.9 Å². The van der Waals surface area contributed by atoms with Gasteiger partial charge in [-0.25, -0.2) is 4.98 Å². The summed E-state index contributed by atoms with van der Waals surface area (Å²) in [5.41, 5.74) is 4.03. The van der Waals surface area contributed by atoms with Crippen LogP contribution in [0.4, 0.5) is 24.8 Å². The largest absolute Gasteiger partial charge is 0.416 e. The molecule has 0 bridgehead atoms. The molecule has 0 spiro atoms. The molecular weight excluding hydrogens is 535 g/mol. The molecule has 1 aliphatic heterocycles. The minimum absolute atomic E-state index is 0.295. The molecule has 6 rings (SSSR count). The minimum Gasteiger partial charge on any atom is -0.329 e. The highest BCUT2D eigenvalue weighted by Gasteiger charge is 2.30. The molecule has 8 heteroatoms. The Morgan fingerprint density at radius 2 is 1.71 bits per heavy atom. The first-order valence-electron chi connectivity index (χ1n) is 15.4. The lowest BCUT2D eigenvalue weighted by atomic mass is 9.91. The summed E-state index contributed by atoms with van der Waals surface area (Å²) in [6.45, 7) is 2.45. The van der Waals surface area contributed by atoms with Crippen molar-refractivity contribution in [2.75, 3.05) is 25.5 Å². The fraction of sp³-hybridized carbons (Fsp3) is 0.471. The molecule has 5 nitrogen and oxygen atoms in total. The number of aromatic nitrogens is 3. The van der Waals surface area contributed by atoms with Crippen LogP contribution in [0.5, 0.6) is 0 Å². The SMILES string of the molecule is CN1CCC(CCCc2ccc(-c3cn(C4CCCCC4)c4nc(Nc5cccc(C(F)(F)F)c5)ncc34)cc2)CC1. The van der Waals surface area contributed by atoms with E-state index in [1.54, 1.807) is 6.07 Å². The fourth-order valence-corrected chi connectivity index (χ4v) is 6.66. The van der Waals surface area contributed by atoms with Gasteiger partial charge in [-0.1, -0.05) is 56.0 Å². The Bertz CT molecular complexity index is 1480. The summed E-state index contributed by atoms with van der Waals surface area (Å²) >= 11 is 0. The van der Waals surface area contributed by atoms with Crippen LogP contribution in [-0.4, -0.2) is 39.6 Å². The van der Waals surface area contributed by atoms with Crippen molar-refractivity contribution in [3.63, 3.8) is 0 Å². The van der Waals surface area contributed by atoms with Gasteiger partial charge in [0.15, 0.2) is 0 Å². The second-order valence-electron chi connectivity index (χ2n) is 12.2. The first-order chi connectivity index (χ1) is 20.3. The van der Waals surface area contributed by atoms with Crippen LogP contribution in [0.1, 0.15) is 75.0 Å². The Morgan fingerprint density at radius 3 is 2.45 bits per heavy atom. The summed E-state index contributed by atoms with van der Waals surface area (Å²) in [5, 5.41) is 3.97.